The molecule has 0 aliphatic carbocycles. The molecule has 20 heavy (non-hydrogen) atoms. The van der Waals surface area contributed by atoms with Gasteiger partial charge in [-0.2, -0.15) is 5.26 Å². The summed E-state index contributed by atoms with van der Waals surface area (Å²) in [4.78, 5) is 15.5. The lowest BCUT2D eigenvalue weighted by Gasteiger charge is -1.99. The van der Waals surface area contributed by atoms with Gasteiger partial charge < -0.3 is 9.73 Å². The van der Waals surface area contributed by atoms with Crippen molar-refractivity contribution in [2.24, 2.45) is 0 Å². The van der Waals surface area contributed by atoms with Gasteiger partial charge in [0.15, 0.2) is 11.7 Å². The van der Waals surface area contributed by atoms with Gasteiger partial charge >= 0.3 is 0 Å². The zero-order valence-electron chi connectivity index (χ0n) is 10.6. The van der Waals surface area contributed by atoms with Crippen molar-refractivity contribution < 1.29 is 9.21 Å². The van der Waals surface area contributed by atoms with Gasteiger partial charge in [-0.1, -0.05) is 23.7 Å². The number of nitriles is 1. The molecule has 0 aliphatic rings. The molecule has 1 amide bonds. The van der Waals surface area contributed by atoms with E-state index >= 15 is 0 Å². The summed E-state index contributed by atoms with van der Waals surface area (Å²) >= 11 is 6.07. The standard InChI is InChI=1S/C14H12ClN3O2/c15-11-4-2-1-3-10(11)12-9-18-14(20-12)6-5-13(19)17-8-7-16/h1-4,9H,5-6,8H2,(H,17,19). The Morgan fingerprint density at radius 2 is 2.25 bits per heavy atom. The maximum absolute atomic E-state index is 11.4. The lowest BCUT2D eigenvalue weighted by molar-refractivity contribution is -0.120. The average Bonchev–Trinajstić information content (AvgIpc) is 2.92. The van der Waals surface area contributed by atoms with Crippen molar-refractivity contribution in [1.82, 2.24) is 10.3 Å². The number of amides is 1. The molecule has 1 heterocycles. The lowest BCUT2D eigenvalue weighted by atomic mass is 10.2. The first-order valence-corrected chi connectivity index (χ1v) is 6.41. The first-order chi connectivity index (χ1) is 9.70. The first-order valence-electron chi connectivity index (χ1n) is 6.04. The third kappa shape index (κ3) is 3.59. The summed E-state index contributed by atoms with van der Waals surface area (Å²) in [5, 5.41) is 11.4. The molecule has 0 saturated carbocycles. The number of aromatic nitrogens is 1. The van der Waals surface area contributed by atoms with Crippen molar-refractivity contribution in [2.45, 2.75) is 12.8 Å². The van der Waals surface area contributed by atoms with Crippen molar-refractivity contribution >= 4 is 17.5 Å². The van der Waals surface area contributed by atoms with Crippen LogP contribution in [0.1, 0.15) is 12.3 Å². The highest BCUT2D eigenvalue weighted by Gasteiger charge is 2.10. The van der Waals surface area contributed by atoms with Crippen molar-refractivity contribution in [3.63, 3.8) is 0 Å². The number of nitrogens with zero attached hydrogens (tertiary/aromatic N) is 2. The van der Waals surface area contributed by atoms with Gasteiger partial charge in [0.05, 0.1) is 17.3 Å². The molecular formula is C14H12ClN3O2. The van der Waals surface area contributed by atoms with Crippen molar-refractivity contribution in [1.29, 1.82) is 5.26 Å². The Bertz CT molecular complexity index is 646. The molecule has 0 bridgehead atoms. The topological polar surface area (TPSA) is 78.9 Å². The van der Waals surface area contributed by atoms with Gasteiger partial charge in [0, 0.05) is 18.4 Å². The maximum Gasteiger partial charge on any atom is 0.221 e. The van der Waals surface area contributed by atoms with Gasteiger partial charge in [-0.3, -0.25) is 4.79 Å². The Kier molecular flexibility index (Phi) is 4.75. The minimum absolute atomic E-state index is 0.00922. The molecule has 0 unspecified atom stereocenters. The molecule has 0 aliphatic heterocycles. The molecule has 5 nitrogen and oxygen atoms in total. The monoisotopic (exact) mass is 289 g/mol. The van der Waals surface area contributed by atoms with E-state index in [1.807, 2.05) is 24.3 Å². The van der Waals surface area contributed by atoms with Crippen LogP contribution in [0.3, 0.4) is 0 Å². The number of benzene rings is 1. The number of carbonyl (C=O) groups excluding carboxylic acids is 1. The molecule has 1 aromatic heterocycles. The second-order valence-electron chi connectivity index (χ2n) is 4.03. The van der Waals surface area contributed by atoms with Gasteiger partial charge in [0.1, 0.15) is 6.54 Å². The number of hydrogen-bond donors (Lipinski definition) is 1. The molecular weight excluding hydrogens is 278 g/mol. The van der Waals surface area contributed by atoms with Crippen LogP contribution in [-0.2, 0) is 11.2 Å². The third-order valence-electron chi connectivity index (χ3n) is 2.62. The number of hydrogen-bond acceptors (Lipinski definition) is 4. The van der Waals surface area contributed by atoms with E-state index in [1.54, 1.807) is 12.3 Å². The van der Waals surface area contributed by atoms with Crippen LogP contribution in [-0.4, -0.2) is 17.4 Å². The average molecular weight is 290 g/mol. The van der Waals surface area contributed by atoms with Gasteiger partial charge in [0.25, 0.3) is 0 Å². The van der Waals surface area contributed by atoms with Crippen molar-refractivity contribution in [3.8, 4) is 17.4 Å². The van der Waals surface area contributed by atoms with E-state index in [-0.39, 0.29) is 18.9 Å². The smallest absolute Gasteiger partial charge is 0.221 e. The summed E-state index contributed by atoms with van der Waals surface area (Å²) in [5.74, 6) is 0.833. The third-order valence-corrected chi connectivity index (χ3v) is 2.95. The minimum atomic E-state index is -0.205. The molecule has 1 aromatic carbocycles. The summed E-state index contributed by atoms with van der Waals surface area (Å²) in [5.41, 5.74) is 0.766. The van der Waals surface area contributed by atoms with Gasteiger partial charge in [-0.25, -0.2) is 4.98 Å². The summed E-state index contributed by atoms with van der Waals surface area (Å²) in [7, 11) is 0. The zero-order valence-corrected chi connectivity index (χ0v) is 11.4. The summed E-state index contributed by atoms with van der Waals surface area (Å²) < 4.78 is 5.56. The molecule has 0 atom stereocenters. The quantitative estimate of drug-likeness (QED) is 0.858. The van der Waals surface area contributed by atoms with Gasteiger partial charge in [0.2, 0.25) is 5.91 Å². The molecule has 0 fully saturated rings. The largest absolute Gasteiger partial charge is 0.441 e. The SMILES string of the molecule is N#CCNC(=O)CCc1ncc(-c2ccccc2Cl)o1. The lowest BCUT2D eigenvalue weighted by Crippen LogP contribution is -2.23. The fraction of sp³-hybridized carbons (Fsp3) is 0.214. The Morgan fingerprint density at radius 3 is 3.00 bits per heavy atom. The second kappa shape index (κ2) is 6.73. The van der Waals surface area contributed by atoms with E-state index in [2.05, 4.69) is 10.3 Å². The predicted octanol–water partition coefficient (Wildman–Crippen LogP) is 2.57. The molecule has 0 spiro atoms. The van der Waals surface area contributed by atoms with Crippen LogP contribution in [0.25, 0.3) is 11.3 Å². The van der Waals surface area contributed by atoms with E-state index in [0.29, 0.717) is 23.1 Å². The Balaban J connectivity index is 1.98. The van der Waals surface area contributed by atoms with Crippen molar-refractivity contribution in [3.05, 3.63) is 41.4 Å². The van der Waals surface area contributed by atoms with Gasteiger partial charge in [-0.15, -0.1) is 0 Å². The van der Waals surface area contributed by atoms with Crippen LogP contribution in [0.15, 0.2) is 34.9 Å². The highest BCUT2D eigenvalue weighted by atomic mass is 35.5. The Hall–Kier alpha value is -2.32. The van der Waals surface area contributed by atoms with Gasteiger partial charge in [-0.05, 0) is 12.1 Å². The zero-order chi connectivity index (χ0) is 14.4. The predicted molar refractivity (Wildman–Crippen MR) is 73.9 cm³/mol. The molecule has 6 heteroatoms. The molecule has 0 saturated heterocycles. The maximum atomic E-state index is 11.4. The number of oxazole rings is 1. The number of halogens is 1. The van der Waals surface area contributed by atoms with E-state index in [0.717, 1.165) is 5.56 Å². The van der Waals surface area contributed by atoms with Crippen LogP contribution >= 0.6 is 11.6 Å². The summed E-state index contributed by atoms with van der Waals surface area (Å²) in [6, 6.07) is 9.15. The molecule has 0 radical (unpaired) electrons. The number of nitrogens with one attached hydrogen (secondary N) is 1. The number of rotatable bonds is 5. The van der Waals surface area contributed by atoms with E-state index in [4.69, 9.17) is 21.3 Å². The fourth-order valence-corrected chi connectivity index (χ4v) is 1.89. The molecule has 1 N–H and O–H groups in total. The number of aryl methyl sites for hydroxylation is 1. The Morgan fingerprint density at radius 1 is 1.45 bits per heavy atom. The Labute approximate surface area is 121 Å². The molecule has 102 valence electrons. The van der Waals surface area contributed by atoms with Crippen LogP contribution < -0.4 is 5.32 Å². The van der Waals surface area contributed by atoms with Crippen molar-refractivity contribution in [2.75, 3.05) is 6.54 Å². The summed E-state index contributed by atoms with van der Waals surface area (Å²) in [6.45, 7) is 0.00922. The molecule has 2 rings (SSSR count). The highest BCUT2D eigenvalue weighted by molar-refractivity contribution is 6.33. The van der Waals surface area contributed by atoms with Crippen LogP contribution in [0, 0.1) is 11.3 Å². The normalized spacial score (nSPS) is 10.0. The first kappa shape index (κ1) is 14.1. The fourth-order valence-electron chi connectivity index (χ4n) is 1.66. The number of carbonyl (C=O) groups is 1. The van der Waals surface area contributed by atoms with Crippen LogP contribution in [0.5, 0.6) is 0 Å². The molecule has 2 aromatic rings. The summed E-state index contributed by atoms with van der Waals surface area (Å²) in [6.07, 6.45) is 2.19. The van der Waals surface area contributed by atoms with E-state index in [1.165, 1.54) is 0 Å². The van der Waals surface area contributed by atoms with Crippen LogP contribution in [0.2, 0.25) is 5.02 Å². The second-order valence-corrected chi connectivity index (χ2v) is 4.44. The highest BCUT2D eigenvalue weighted by Crippen LogP contribution is 2.28. The van der Waals surface area contributed by atoms with Crippen LogP contribution in [0.4, 0.5) is 0 Å². The minimum Gasteiger partial charge on any atom is -0.441 e. The van der Waals surface area contributed by atoms with E-state index in [9.17, 15) is 4.79 Å². The van der Waals surface area contributed by atoms with E-state index < -0.39 is 0 Å².